The summed E-state index contributed by atoms with van der Waals surface area (Å²) < 4.78 is 7.28. The van der Waals surface area contributed by atoms with Crippen LogP contribution in [0.4, 0.5) is 0 Å². The fourth-order valence-corrected chi connectivity index (χ4v) is 6.28. The molecule has 0 spiro atoms. The summed E-state index contributed by atoms with van der Waals surface area (Å²) in [5, 5.41) is 65.8. The molecule has 2 aromatic rings. The molecule has 7 nitrogen and oxygen atoms in total. The number of hydrogen-bond donors (Lipinski definition) is 6. The Labute approximate surface area is 272 Å². The Morgan fingerprint density at radius 2 is 0.622 bits per heavy atom. The van der Waals surface area contributed by atoms with Crippen LogP contribution in [0.3, 0.4) is 0 Å². The van der Waals surface area contributed by atoms with Gasteiger partial charge in [0.15, 0.2) is 0 Å². The third-order valence-electron chi connectivity index (χ3n) is 9.24. The summed E-state index contributed by atoms with van der Waals surface area (Å²) in [7, 11) is 0. The van der Waals surface area contributed by atoms with Gasteiger partial charge in [0.1, 0.15) is 0 Å². The predicted octanol–water partition coefficient (Wildman–Crippen LogP) is 5.60. The molecular weight excluding hydrogens is 568 g/mol. The largest absolute Gasteiger partial charge is 0.395 e. The van der Waals surface area contributed by atoms with Crippen molar-refractivity contribution in [1.82, 2.24) is 0 Å². The van der Waals surface area contributed by atoms with E-state index in [1.807, 2.05) is 36.4 Å². The lowest BCUT2D eigenvalue weighted by Crippen LogP contribution is -2.48. The highest BCUT2D eigenvalue weighted by molar-refractivity contribution is 5.47. The minimum Gasteiger partial charge on any atom is -0.395 e. The third-order valence-corrected chi connectivity index (χ3v) is 9.24. The molecule has 0 aliphatic heterocycles. The van der Waals surface area contributed by atoms with Crippen molar-refractivity contribution in [2.75, 3.05) is 39.6 Å². The molecule has 2 atom stereocenters. The maximum Gasteiger partial charge on any atom is 0.0961 e. The number of hydrogen-bond acceptors (Lipinski definition) is 7. The van der Waals surface area contributed by atoms with Crippen molar-refractivity contribution < 1.29 is 35.4 Å². The quantitative estimate of drug-likeness (QED) is 0.180. The normalized spacial score (nSPS) is 15.3. The average molecular weight is 631 g/mol. The molecule has 0 saturated heterocycles. The molecule has 2 rings (SSSR count). The van der Waals surface area contributed by atoms with E-state index in [0.29, 0.717) is 0 Å². The van der Waals surface area contributed by atoms with Crippen LogP contribution in [-0.2, 0) is 26.4 Å². The summed E-state index contributed by atoms with van der Waals surface area (Å²) in [5.74, 6) is 0. The van der Waals surface area contributed by atoms with Gasteiger partial charge >= 0.3 is 0 Å². The van der Waals surface area contributed by atoms with Crippen LogP contribution in [0.2, 0.25) is 0 Å². The number of aliphatic hydroxyl groups is 6. The smallest absolute Gasteiger partial charge is 0.0961 e. The Bertz CT molecular complexity index is 1070. The van der Waals surface area contributed by atoms with Crippen LogP contribution >= 0.6 is 0 Å². The van der Waals surface area contributed by atoms with E-state index < -0.39 is 84.3 Å². The van der Waals surface area contributed by atoms with E-state index in [9.17, 15) is 30.6 Å². The van der Waals surface area contributed by atoms with Crippen LogP contribution in [0.25, 0.3) is 0 Å². The molecular formula is C38H62O7. The first kappa shape index (κ1) is 39.3. The van der Waals surface area contributed by atoms with Crippen LogP contribution in [0.5, 0.6) is 0 Å². The van der Waals surface area contributed by atoms with Crippen LogP contribution in [0.1, 0.15) is 129 Å². The molecule has 6 N–H and O–H groups in total. The van der Waals surface area contributed by atoms with Crippen molar-refractivity contribution in [3.8, 4) is 0 Å². The van der Waals surface area contributed by atoms with E-state index in [-0.39, 0.29) is 0 Å². The van der Waals surface area contributed by atoms with Gasteiger partial charge in [-0.3, -0.25) is 0 Å². The van der Waals surface area contributed by atoms with Crippen LogP contribution in [0.15, 0.2) is 36.4 Å². The summed E-state index contributed by atoms with van der Waals surface area (Å²) in [6, 6.07) is 12.0. The molecule has 2 unspecified atom stereocenters. The Morgan fingerprint density at radius 3 is 0.778 bits per heavy atom. The third kappa shape index (κ3) is 8.01. The molecule has 2 aromatic carbocycles. The monoisotopic (exact) mass is 630 g/mol. The zero-order valence-corrected chi connectivity index (χ0v) is 30.0. The summed E-state index contributed by atoms with van der Waals surface area (Å²) in [6.07, 6.45) is -2.23. The maximum atomic E-state index is 11.0. The van der Waals surface area contributed by atoms with Crippen LogP contribution in [0, 0.1) is 10.8 Å². The molecule has 0 aliphatic rings. The molecule has 0 aliphatic carbocycles. The van der Waals surface area contributed by atoms with E-state index in [1.54, 1.807) is 0 Å². The van der Waals surface area contributed by atoms with Gasteiger partial charge in [0.25, 0.3) is 0 Å². The zero-order valence-electron chi connectivity index (χ0n) is 30.0. The van der Waals surface area contributed by atoms with Gasteiger partial charge < -0.3 is 35.4 Å². The molecule has 0 fully saturated rings. The Balaban J connectivity index is 3.31. The van der Waals surface area contributed by atoms with Crippen molar-refractivity contribution in [2.24, 2.45) is 10.8 Å². The first-order valence-electron chi connectivity index (χ1n) is 16.1. The summed E-state index contributed by atoms with van der Waals surface area (Å²) in [6.45, 7) is 21.4. The first-order chi connectivity index (χ1) is 20.5. The van der Waals surface area contributed by atoms with Gasteiger partial charge in [-0.05, 0) is 55.0 Å². The van der Waals surface area contributed by atoms with Crippen molar-refractivity contribution in [2.45, 2.75) is 117 Å². The van der Waals surface area contributed by atoms with Crippen molar-refractivity contribution in [1.29, 1.82) is 0 Å². The van der Waals surface area contributed by atoms with E-state index in [4.69, 9.17) is 4.74 Å². The second kappa shape index (κ2) is 14.1. The van der Waals surface area contributed by atoms with Gasteiger partial charge in [0, 0.05) is 0 Å². The number of benzene rings is 2. The summed E-state index contributed by atoms with van der Waals surface area (Å²) in [4.78, 5) is 0. The predicted molar refractivity (Wildman–Crippen MR) is 182 cm³/mol. The topological polar surface area (TPSA) is 131 Å². The number of aliphatic hydroxyl groups excluding tert-OH is 6. The van der Waals surface area contributed by atoms with Gasteiger partial charge in [0.05, 0.1) is 62.7 Å². The molecule has 0 amide bonds. The lowest BCUT2D eigenvalue weighted by Gasteiger charge is -2.48. The minimum absolute atomic E-state index is 0.401. The molecule has 0 radical (unpaired) electrons. The van der Waals surface area contributed by atoms with E-state index in [0.717, 1.165) is 33.4 Å². The maximum absolute atomic E-state index is 11.0. The molecule has 0 aromatic heterocycles. The fraction of sp³-hybridized carbons (Fsp3) is 0.684. The lowest BCUT2D eigenvalue weighted by atomic mass is 9.68. The van der Waals surface area contributed by atoms with Crippen molar-refractivity contribution >= 4 is 0 Å². The minimum atomic E-state index is -1.57. The molecule has 0 heterocycles. The standard InChI is InChI=1S/C38H62O7/c1-33(2,3)25-15-13-16-26(34(4,5)6)29(25)31(37(19-39,20-40)21-41)45-32(38(22-42,23-43)24-44)30-27(35(7,8)9)17-14-18-28(30)36(10,11)12/h13-18,31-32,39-44H,19-24H2,1-12H3. The average Bonchev–Trinajstić information content (AvgIpc) is 2.95. The first-order valence-corrected chi connectivity index (χ1v) is 16.1. The fourth-order valence-electron chi connectivity index (χ4n) is 6.28. The van der Waals surface area contributed by atoms with E-state index in [2.05, 4.69) is 83.1 Å². The molecule has 0 bridgehead atoms. The molecule has 7 heteroatoms. The number of ether oxygens (including phenoxy) is 1. The van der Waals surface area contributed by atoms with E-state index >= 15 is 0 Å². The van der Waals surface area contributed by atoms with E-state index in [1.165, 1.54) is 0 Å². The van der Waals surface area contributed by atoms with Gasteiger partial charge in [0.2, 0.25) is 0 Å². The summed E-state index contributed by atoms with van der Waals surface area (Å²) in [5.41, 5.74) is 0.395. The Morgan fingerprint density at radius 1 is 0.422 bits per heavy atom. The molecule has 256 valence electrons. The Hall–Kier alpha value is -1.84. The highest BCUT2D eigenvalue weighted by Gasteiger charge is 2.50. The second-order valence-electron chi connectivity index (χ2n) is 17.1. The van der Waals surface area contributed by atoms with Crippen LogP contribution in [-0.4, -0.2) is 70.3 Å². The summed E-state index contributed by atoms with van der Waals surface area (Å²) >= 11 is 0. The Kier molecular flexibility index (Phi) is 12.3. The highest BCUT2D eigenvalue weighted by Crippen LogP contribution is 2.53. The highest BCUT2D eigenvalue weighted by atomic mass is 16.5. The molecule has 0 saturated carbocycles. The number of rotatable bonds is 12. The molecule has 45 heavy (non-hydrogen) atoms. The van der Waals surface area contributed by atoms with Gasteiger partial charge in [-0.15, -0.1) is 0 Å². The van der Waals surface area contributed by atoms with Gasteiger partial charge in [-0.1, -0.05) is 119 Å². The van der Waals surface area contributed by atoms with Crippen LogP contribution < -0.4 is 0 Å². The SMILES string of the molecule is CC(C)(C)c1cccc(C(C)(C)C)c1C(OC(c1c(C(C)(C)C)cccc1C(C)(C)C)C(CO)(CO)CO)C(CO)(CO)CO. The van der Waals surface area contributed by atoms with Gasteiger partial charge in [-0.25, -0.2) is 0 Å². The van der Waals surface area contributed by atoms with Crippen molar-refractivity contribution in [3.05, 3.63) is 69.8 Å². The lowest BCUT2D eigenvalue weighted by molar-refractivity contribution is -0.194. The van der Waals surface area contributed by atoms with Crippen molar-refractivity contribution in [3.63, 3.8) is 0 Å². The zero-order chi connectivity index (χ0) is 34.8. The second-order valence-corrected chi connectivity index (χ2v) is 17.1. The van der Waals surface area contributed by atoms with Gasteiger partial charge in [-0.2, -0.15) is 0 Å².